The van der Waals surface area contributed by atoms with Crippen LogP contribution in [-0.2, 0) is 0 Å². The van der Waals surface area contributed by atoms with Gasteiger partial charge >= 0.3 is 0 Å². The average molecular weight is 182 g/mol. The zero-order valence-corrected chi connectivity index (χ0v) is 8.68. The second kappa shape index (κ2) is 4.43. The number of rotatable bonds is 7. The lowest BCUT2D eigenvalue weighted by Crippen LogP contribution is -2.29. The monoisotopic (exact) mass is 182 g/mol. The molecule has 0 aromatic rings. The van der Waals surface area contributed by atoms with Crippen LogP contribution in [-0.4, -0.2) is 26.2 Å². The molecule has 2 heteroatoms. The molecule has 0 saturated heterocycles. The minimum absolute atomic E-state index is 0.989. The normalized spacial score (nSPS) is 32.1. The summed E-state index contributed by atoms with van der Waals surface area (Å²) < 4.78 is 0. The van der Waals surface area contributed by atoms with Crippen molar-refractivity contribution in [3.05, 3.63) is 0 Å². The predicted molar refractivity (Wildman–Crippen MR) is 55.7 cm³/mol. The van der Waals surface area contributed by atoms with Crippen molar-refractivity contribution in [3.8, 4) is 0 Å². The summed E-state index contributed by atoms with van der Waals surface area (Å²) in [6, 6.07) is 0. The van der Waals surface area contributed by atoms with Gasteiger partial charge in [0.25, 0.3) is 0 Å². The molecule has 0 heterocycles. The van der Waals surface area contributed by atoms with E-state index in [2.05, 4.69) is 17.6 Å². The molecule has 0 aliphatic heterocycles. The molecule has 2 N–H and O–H groups in total. The smallest absolute Gasteiger partial charge is 0.00768 e. The summed E-state index contributed by atoms with van der Waals surface area (Å²) in [7, 11) is 0. The molecule has 0 bridgehead atoms. The summed E-state index contributed by atoms with van der Waals surface area (Å²) in [5.41, 5.74) is 0. The second-order valence-corrected chi connectivity index (χ2v) is 4.82. The van der Waals surface area contributed by atoms with Crippen LogP contribution in [0.15, 0.2) is 0 Å². The molecule has 76 valence electrons. The number of hydrogen-bond acceptors (Lipinski definition) is 2. The Bertz CT molecular complexity index is 154. The van der Waals surface area contributed by atoms with Gasteiger partial charge in [-0.1, -0.05) is 6.92 Å². The number of nitrogens with one attached hydrogen (secondary N) is 2. The maximum absolute atomic E-state index is 3.51. The molecule has 2 unspecified atom stereocenters. The van der Waals surface area contributed by atoms with Gasteiger partial charge in [0.15, 0.2) is 0 Å². The van der Waals surface area contributed by atoms with Crippen LogP contribution < -0.4 is 10.6 Å². The van der Waals surface area contributed by atoms with Gasteiger partial charge in [-0.2, -0.15) is 0 Å². The largest absolute Gasteiger partial charge is 0.315 e. The Balaban J connectivity index is 1.32. The molecule has 0 aromatic carbocycles. The molecular weight excluding hydrogens is 160 g/mol. The molecule has 2 aliphatic rings. The van der Waals surface area contributed by atoms with Crippen molar-refractivity contribution in [2.45, 2.75) is 26.2 Å². The van der Waals surface area contributed by atoms with Crippen molar-refractivity contribution in [2.24, 2.45) is 17.8 Å². The Kier molecular flexibility index (Phi) is 3.23. The molecule has 0 spiro atoms. The van der Waals surface area contributed by atoms with Gasteiger partial charge in [0.2, 0.25) is 0 Å². The van der Waals surface area contributed by atoms with Crippen molar-refractivity contribution < 1.29 is 0 Å². The Morgan fingerprint density at radius 3 is 2.23 bits per heavy atom. The quantitative estimate of drug-likeness (QED) is 0.579. The lowest BCUT2D eigenvalue weighted by molar-refractivity contribution is 0.564. The molecule has 2 nitrogen and oxygen atoms in total. The predicted octanol–water partition coefficient (Wildman–Crippen LogP) is 1.23. The second-order valence-electron chi connectivity index (χ2n) is 4.82. The molecule has 2 saturated carbocycles. The van der Waals surface area contributed by atoms with Crippen molar-refractivity contribution in [3.63, 3.8) is 0 Å². The first-order valence-corrected chi connectivity index (χ1v) is 5.77. The highest BCUT2D eigenvalue weighted by molar-refractivity contribution is 4.84. The van der Waals surface area contributed by atoms with Gasteiger partial charge in [-0.25, -0.2) is 0 Å². The van der Waals surface area contributed by atoms with Crippen LogP contribution in [0.2, 0.25) is 0 Å². The molecule has 0 aromatic heterocycles. The Morgan fingerprint density at radius 1 is 1.08 bits per heavy atom. The van der Waals surface area contributed by atoms with E-state index >= 15 is 0 Å². The topological polar surface area (TPSA) is 24.1 Å². The minimum atomic E-state index is 0.989. The van der Waals surface area contributed by atoms with Crippen molar-refractivity contribution >= 4 is 0 Å². The van der Waals surface area contributed by atoms with Crippen LogP contribution >= 0.6 is 0 Å². The highest BCUT2D eigenvalue weighted by Crippen LogP contribution is 2.36. The van der Waals surface area contributed by atoms with Crippen LogP contribution in [0.5, 0.6) is 0 Å². The van der Waals surface area contributed by atoms with E-state index in [1.165, 1.54) is 32.4 Å². The fraction of sp³-hybridized carbons (Fsp3) is 1.00. The Hall–Kier alpha value is -0.0800. The highest BCUT2D eigenvalue weighted by Gasteiger charge is 2.31. The Labute approximate surface area is 81.5 Å². The van der Waals surface area contributed by atoms with Crippen LogP contribution in [0.3, 0.4) is 0 Å². The molecule has 2 atom stereocenters. The summed E-state index contributed by atoms with van der Waals surface area (Å²) in [5, 5.41) is 7.00. The fourth-order valence-corrected chi connectivity index (χ4v) is 1.78. The van der Waals surface area contributed by atoms with E-state index in [1.807, 2.05) is 0 Å². The fourth-order valence-electron chi connectivity index (χ4n) is 1.78. The Morgan fingerprint density at radius 2 is 1.69 bits per heavy atom. The molecule has 2 rings (SSSR count). The lowest BCUT2D eigenvalue weighted by Gasteiger charge is -2.05. The van der Waals surface area contributed by atoms with Gasteiger partial charge in [-0.15, -0.1) is 0 Å². The number of hydrogen-bond donors (Lipinski definition) is 2. The lowest BCUT2D eigenvalue weighted by atomic mass is 10.3. The van der Waals surface area contributed by atoms with Crippen LogP contribution in [0, 0.1) is 17.8 Å². The van der Waals surface area contributed by atoms with Gasteiger partial charge in [-0.3, -0.25) is 0 Å². The summed E-state index contributed by atoms with van der Waals surface area (Å²) in [4.78, 5) is 0. The van der Waals surface area contributed by atoms with E-state index in [0.717, 1.165) is 30.8 Å². The third-order valence-corrected chi connectivity index (χ3v) is 3.29. The van der Waals surface area contributed by atoms with Gasteiger partial charge in [-0.05, 0) is 50.1 Å². The summed E-state index contributed by atoms with van der Waals surface area (Å²) in [5.74, 6) is 3.00. The van der Waals surface area contributed by atoms with E-state index in [1.54, 1.807) is 0 Å². The van der Waals surface area contributed by atoms with E-state index in [9.17, 15) is 0 Å². The standard InChI is InChI=1S/C11H22N2/c1-9-6-11(9)8-13-5-4-12-7-10-2-3-10/h9-13H,2-8H2,1H3. The summed E-state index contributed by atoms with van der Waals surface area (Å²) in [6.45, 7) is 7.14. The van der Waals surface area contributed by atoms with E-state index in [0.29, 0.717) is 0 Å². The van der Waals surface area contributed by atoms with Crippen LogP contribution in [0.1, 0.15) is 26.2 Å². The van der Waals surface area contributed by atoms with E-state index < -0.39 is 0 Å². The molecule has 13 heavy (non-hydrogen) atoms. The van der Waals surface area contributed by atoms with Gasteiger partial charge in [0.1, 0.15) is 0 Å². The van der Waals surface area contributed by atoms with Crippen LogP contribution in [0.25, 0.3) is 0 Å². The van der Waals surface area contributed by atoms with E-state index in [4.69, 9.17) is 0 Å². The van der Waals surface area contributed by atoms with Crippen molar-refractivity contribution in [2.75, 3.05) is 26.2 Å². The SMILES string of the molecule is CC1CC1CNCCNCC1CC1. The zero-order valence-electron chi connectivity index (χ0n) is 8.68. The third-order valence-electron chi connectivity index (χ3n) is 3.29. The van der Waals surface area contributed by atoms with Gasteiger partial charge < -0.3 is 10.6 Å². The molecule has 0 amide bonds. The third kappa shape index (κ3) is 3.65. The van der Waals surface area contributed by atoms with Crippen molar-refractivity contribution in [1.82, 2.24) is 10.6 Å². The van der Waals surface area contributed by atoms with E-state index in [-0.39, 0.29) is 0 Å². The molecule has 2 fully saturated rings. The molecule has 2 aliphatic carbocycles. The van der Waals surface area contributed by atoms with Crippen molar-refractivity contribution in [1.29, 1.82) is 0 Å². The summed E-state index contributed by atoms with van der Waals surface area (Å²) >= 11 is 0. The van der Waals surface area contributed by atoms with Crippen LogP contribution in [0.4, 0.5) is 0 Å². The van der Waals surface area contributed by atoms with Gasteiger partial charge in [0, 0.05) is 13.1 Å². The average Bonchev–Trinajstić information content (AvgIpc) is 2.97. The first-order chi connectivity index (χ1) is 6.36. The highest BCUT2D eigenvalue weighted by atomic mass is 14.9. The summed E-state index contributed by atoms with van der Waals surface area (Å²) in [6.07, 6.45) is 4.36. The zero-order chi connectivity index (χ0) is 9.10. The minimum Gasteiger partial charge on any atom is -0.315 e. The maximum Gasteiger partial charge on any atom is 0.00768 e. The first kappa shape index (κ1) is 9.47. The first-order valence-electron chi connectivity index (χ1n) is 5.77. The molecular formula is C11H22N2. The maximum atomic E-state index is 3.51. The molecule has 0 radical (unpaired) electrons. The van der Waals surface area contributed by atoms with Gasteiger partial charge in [0.05, 0.1) is 0 Å².